The second-order valence-corrected chi connectivity index (χ2v) is 8.11. The first kappa shape index (κ1) is 18.0. The third-order valence-electron chi connectivity index (χ3n) is 5.88. The van der Waals surface area contributed by atoms with Crippen LogP contribution in [0.3, 0.4) is 0 Å². The fourth-order valence-corrected chi connectivity index (χ4v) is 4.47. The molecule has 0 amide bonds. The van der Waals surface area contributed by atoms with Crippen LogP contribution < -0.4 is 15.1 Å². The molecule has 0 saturated carbocycles. The number of hydrogen-bond acceptors (Lipinski definition) is 5. The van der Waals surface area contributed by atoms with E-state index in [0.717, 1.165) is 42.7 Å². The van der Waals surface area contributed by atoms with Gasteiger partial charge in [0.15, 0.2) is 0 Å². The molecule has 3 aromatic rings. The quantitative estimate of drug-likeness (QED) is 0.668. The molecule has 1 fully saturated rings. The van der Waals surface area contributed by atoms with E-state index >= 15 is 0 Å². The number of benzene rings is 2. The molecule has 3 heterocycles. The normalized spacial score (nSPS) is 18.2. The minimum absolute atomic E-state index is 0.349. The Kier molecular flexibility index (Phi) is 4.58. The molecule has 5 nitrogen and oxygen atoms in total. The fraction of sp³-hybridized carbons (Fsp3) is 0.333. The monoisotopic (exact) mass is 385 g/mol. The van der Waals surface area contributed by atoms with Gasteiger partial charge in [0, 0.05) is 48.0 Å². The molecule has 5 rings (SSSR count). The van der Waals surface area contributed by atoms with Crippen LogP contribution in [0.15, 0.2) is 54.6 Å². The lowest BCUT2D eigenvalue weighted by Crippen LogP contribution is -2.26. The number of anilines is 5. The number of rotatable bonds is 4. The van der Waals surface area contributed by atoms with E-state index in [9.17, 15) is 0 Å². The molecule has 1 saturated heterocycles. The van der Waals surface area contributed by atoms with Gasteiger partial charge >= 0.3 is 0 Å². The van der Waals surface area contributed by atoms with Crippen LogP contribution in [0, 0.1) is 6.92 Å². The summed E-state index contributed by atoms with van der Waals surface area (Å²) in [7, 11) is 0. The lowest BCUT2D eigenvalue weighted by Gasteiger charge is -2.23. The number of para-hydroxylation sites is 1. The Morgan fingerprint density at radius 3 is 2.52 bits per heavy atom. The molecule has 5 heteroatoms. The van der Waals surface area contributed by atoms with E-state index in [4.69, 9.17) is 9.97 Å². The highest BCUT2D eigenvalue weighted by Gasteiger charge is 2.29. The van der Waals surface area contributed by atoms with Crippen molar-refractivity contribution in [1.82, 2.24) is 9.97 Å². The number of fused-ring (bicyclic) bond motifs is 1. The van der Waals surface area contributed by atoms with E-state index < -0.39 is 0 Å². The van der Waals surface area contributed by atoms with Crippen LogP contribution >= 0.6 is 0 Å². The zero-order valence-electron chi connectivity index (χ0n) is 17.1. The van der Waals surface area contributed by atoms with Crippen LogP contribution in [0.4, 0.5) is 28.8 Å². The molecule has 2 aromatic carbocycles. The molecule has 0 radical (unpaired) electrons. The predicted molar refractivity (Wildman–Crippen MR) is 120 cm³/mol. The third kappa shape index (κ3) is 3.53. The molecular formula is C24H27N5. The SMILES string of the molecule is Cc1cc(Nc2ccc(N3CCCC3)cc2)nc(N2c3ccccc3CC2C)n1. The third-order valence-corrected chi connectivity index (χ3v) is 5.88. The first-order valence-electron chi connectivity index (χ1n) is 10.5. The van der Waals surface area contributed by atoms with Gasteiger partial charge in [0.25, 0.3) is 0 Å². The lowest BCUT2D eigenvalue weighted by atomic mass is 10.1. The number of hydrogen-bond donors (Lipinski definition) is 1. The summed E-state index contributed by atoms with van der Waals surface area (Å²) < 4.78 is 0. The van der Waals surface area contributed by atoms with E-state index in [1.54, 1.807) is 0 Å². The van der Waals surface area contributed by atoms with Gasteiger partial charge in [-0.3, -0.25) is 0 Å². The maximum atomic E-state index is 4.85. The highest BCUT2D eigenvalue weighted by Crippen LogP contribution is 2.37. The van der Waals surface area contributed by atoms with E-state index in [-0.39, 0.29) is 0 Å². The number of nitrogens with one attached hydrogen (secondary N) is 1. The van der Waals surface area contributed by atoms with Crippen molar-refractivity contribution >= 4 is 28.8 Å². The molecule has 0 bridgehead atoms. The molecule has 1 N–H and O–H groups in total. The van der Waals surface area contributed by atoms with Crippen molar-refractivity contribution in [2.75, 3.05) is 28.2 Å². The van der Waals surface area contributed by atoms with Crippen molar-refractivity contribution in [3.05, 3.63) is 65.9 Å². The van der Waals surface area contributed by atoms with Gasteiger partial charge in [-0.1, -0.05) is 18.2 Å². The molecule has 0 aliphatic carbocycles. The molecule has 2 aliphatic rings. The van der Waals surface area contributed by atoms with E-state index in [1.807, 2.05) is 13.0 Å². The Morgan fingerprint density at radius 2 is 1.72 bits per heavy atom. The van der Waals surface area contributed by atoms with Crippen molar-refractivity contribution in [2.24, 2.45) is 0 Å². The van der Waals surface area contributed by atoms with Gasteiger partial charge in [0.05, 0.1) is 0 Å². The van der Waals surface area contributed by atoms with Crippen LogP contribution in [-0.2, 0) is 6.42 Å². The van der Waals surface area contributed by atoms with Crippen LogP contribution in [0.5, 0.6) is 0 Å². The summed E-state index contributed by atoms with van der Waals surface area (Å²) in [5.41, 5.74) is 5.88. The van der Waals surface area contributed by atoms with Gasteiger partial charge < -0.3 is 15.1 Å². The highest BCUT2D eigenvalue weighted by molar-refractivity contribution is 5.69. The van der Waals surface area contributed by atoms with Crippen molar-refractivity contribution < 1.29 is 0 Å². The molecule has 0 spiro atoms. The van der Waals surface area contributed by atoms with Crippen molar-refractivity contribution in [2.45, 2.75) is 39.2 Å². The van der Waals surface area contributed by atoms with Crippen molar-refractivity contribution in [1.29, 1.82) is 0 Å². The summed E-state index contributed by atoms with van der Waals surface area (Å²) >= 11 is 0. The fourth-order valence-electron chi connectivity index (χ4n) is 4.47. The van der Waals surface area contributed by atoms with Gasteiger partial charge in [0.1, 0.15) is 5.82 Å². The second kappa shape index (κ2) is 7.39. The first-order valence-corrected chi connectivity index (χ1v) is 10.5. The molecular weight excluding hydrogens is 358 g/mol. The highest BCUT2D eigenvalue weighted by atomic mass is 15.3. The van der Waals surface area contributed by atoms with Crippen LogP contribution in [0.2, 0.25) is 0 Å². The summed E-state index contributed by atoms with van der Waals surface area (Å²) in [4.78, 5) is 14.3. The summed E-state index contributed by atoms with van der Waals surface area (Å²) in [5, 5.41) is 3.47. The average Bonchev–Trinajstić information content (AvgIpc) is 3.35. The zero-order valence-corrected chi connectivity index (χ0v) is 17.1. The van der Waals surface area contributed by atoms with E-state index in [0.29, 0.717) is 6.04 Å². The molecule has 29 heavy (non-hydrogen) atoms. The number of aromatic nitrogens is 2. The molecule has 1 atom stereocenters. The summed E-state index contributed by atoms with van der Waals surface area (Å²) in [6, 6.07) is 19.6. The standard InChI is InChI=1S/C24H27N5/c1-17-15-23(26-20-9-11-21(12-10-20)28-13-5-6-14-28)27-24(25-17)29-18(2)16-19-7-3-4-8-22(19)29/h3-4,7-12,15,18H,5-6,13-14,16H2,1-2H3,(H,25,26,27). The maximum absolute atomic E-state index is 4.85. The molecule has 1 aromatic heterocycles. The van der Waals surface area contributed by atoms with Crippen molar-refractivity contribution in [3.63, 3.8) is 0 Å². The Balaban J connectivity index is 1.40. The van der Waals surface area contributed by atoms with E-state index in [1.165, 1.54) is 29.8 Å². The molecule has 1 unspecified atom stereocenters. The van der Waals surface area contributed by atoms with Crippen LogP contribution in [-0.4, -0.2) is 29.1 Å². The van der Waals surface area contributed by atoms with Gasteiger partial charge in [-0.2, -0.15) is 4.98 Å². The van der Waals surface area contributed by atoms with Crippen molar-refractivity contribution in [3.8, 4) is 0 Å². The number of nitrogens with zero attached hydrogens (tertiary/aromatic N) is 4. The van der Waals surface area contributed by atoms with E-state index in [2.05, 4.69) is 70.6 Å². The first-order chi connectivity index (χ1) is 14.2. The molecule has 2 aliphatic heterocycles. The Morgan fingerprint density at radius 1 is 0.966 bits per heavy atom. The lowest BCUT2D eigenvalue weighted by molar-refractivity contribution is 0.738. The summed E-state index contributed by atoms with van der Waals surface area (Å²) in [6.07, 6.45) is 3.61. The van der Waals surface area contributed by atoms with Crippen LogP contribution in [0.1, 0.15) is 31.0 Å². The smallest absolute Gasteiger partial charge is 0.232 e. The Hall–Kier alpha value is -3.08. The van der Waals surface area contributed by atoms with Gasteiger partial charge in [-0.15, -0.1) is 0 Å². The largest absolute Gasteiger partial charge is 0.372 e. The zero-order chi connectivity index (χ0) is 19.8. The van der Waals surface area contributed by atoms with Gasteiger partial charge in [-0.25, -0.2) is 4.98 Å². The minimum atomic E-state index is 0.349. The Bertz CT molecular complexity index is 1010. The van der Waals surface area contributed by atoms with Gasteiger partial charge in [-0.05, 0) is 69.0 Å². The summed E-state index contributed by atoms with van der Waals surface area (Å²) in [5.74, 6) is 1.59. The average molecular weight is 386 g/mol. The van der Waals surface area contributed by atoms with Crippen LogP contribution in [0.25, 0.3) is 0 Å². The Labute approximate surface area is 172 Å². The maximum Gasteiger partial charge on any atom is 0.232 e. The molecule has 148 valence electrons. The summed E-state index contributed by atoms with van der Waals surface area (Å²) in [6.45, 7) is 6.59. The topological polar surface area (TPSA) is 44.3 Å². The number of aryl methyl sites for hydroxylation is 1. The van der Waals surface area contributed by atoms with Gasteiger partial charge in [0.2, 0.25) is 5.95 Å². The minimum Gasteiger partial charge on any atom is -0.372 e. The predicted octanol–water partition coefficient (Wildman–Crippen LogP) is 5.21. The second-order valence-electron chi connectivity index (χ2n) is 8.11.